The molecule has 152 valence electrons. The molecule has 2 aromatic heterocycles. The maximum atomic E-state index is 13.5. The predicted molar refractivity (Wildman–Crippen MR) is 122 cm³/mol. The van der Waals surface area contributed by atoms with Crippen molar-refractivity contribution >= 4 is 23.4 Å². The van der Waals surface area contributed by atoms with Crippen LogP contribution in [0.25, 0.3) is 22.5 Å². The van der Waals surface area contributed by atoms with E-state index in [1.54, 1.807) is 36.3 Å². The van der Waals surface area contributed by atoms with Crippen molar-refractivity contribution < 1.29 is 4.39 Å². The van der Waals surface area contributed by atoms with Crippen LogP contribution in [0.2, 0.25) is 5.02 Å². The Bertz CT molecular complexity index is 1120. The maximum Gasteiger partial charge on any atom is 0.169 e. The summed E-state index contributed by atoms with van der Waals surface area (Å²) in [5, 5.41) is 1.65. The Balaban J connectivity index is 1.81. The summed E-state index contributed by atoms with van der Waals surface area (Å²) in [6, 6.07) is 18.5. The van der Waals surface area contributed by atoms with E-state index in [1.807, 2.05) is 36.4 Å². The third kappa shape index (κ3) is 4.42. The minimum absolute atomic E-state index is 0.197. The number of hydrogen-bond acceptors (Lipinski definition) is 3. The van der Waals surface area contributed by atoms with Gasteiger partial charge in [-0.2, -0.15) is 0 Å². The van der Waals surface area contributed by atoms with Crippen LogP contribution in [0.3, 0.4) is 0 Å². The summed E-state index contributed by atoms with van der Waals surface area (Å²) in [4.78, 5) is 9.15. The second kappa shape index (κ2) is 9.02. The fourth-order valence-corrected chi connectivity index (χ4v) is 4.53. The first kappa shape index (κ1) is 20.6. The fourth-order valence-electron chi connectivity index (χ4n) is 3.32. The van der Waals surface area contributed by atoms with Crippen LogP contribution < -0.4 is 0 Å². The van der Waals surface area contributed by atoms with Gasteiger partial charge in [0.1, 0.15) is 5.82 Å². The number of imidazole rings is 1. The molecule has 0 atom stereocenters. The molecule has 0 bridgehead atoms. The molecule has 4 aromatic rings. The van der Waals surface area contributed by atoms with E-state index >= 15 is 0 Å². The molecule has 0 fully saturated rings. The highest BCUT2D eigenvalue weighted by Crippen LogP contribution is 2.38. The van der Waals surface area contributed by atoms with Crippen LogP contribution in [0, 0.1) is 5.82 Å². The number of rotatable bonds is 6. The van der Waals surface area contributed by atoms with Gasteiger partial charge in [-0.1, -0.05) is 35.5 Å². The molecule has 0 saturated carbocycles. The molecule has 2 heterocycles. The van der Waals surface area contributed by atoms with Gasteiger partial charge >= 0.3 is 0 Å². The quantitative estimate of drug-likeness (QED) is 0.297. The third-order valence-corrected chi connectivity index (χ3v) is 6.02. The standard InChI is InChI=1S/C24H21ClFN3S/c1-16(2)29-23(19-11-13-27-14-12-19)22(18-5-9-21(26)10-6-18)28-24(29)30-15-17-3-7-20(25)8-4-17/h3-14,16H,15H2,1-2H3. The van der Waals surface area contributed by atoms with Crippen LogP contribution in [0.5, 0.6) is 0 Å². The van der Waals surface area contributed by atoms with Gasteiger partial charge in [0.2, 0.25) is 0 Å². The van der Waals surface area contributed by atoms with Crippen LogP contribution in [0.1, 0.15) is 25.5 Å². The third-order valence-electron chi connectivity index (χ3n) is 4.75. The highest BCUT2D eigenvalue weighted by molar-refractivity contribution is 7.98. The number of benzene rings is 2. The zero-order valence-electron chi connectivity index (χ0n) is 16.7. The molecule has 0 radical (unpaired) electrons. The van der Waals surface area contributed by atoms with Crippen LogP contribution in [-0.2, 0) is 5.75 Å². The largest absolute Gasteiger partial charge is 0.316 e. The van der Waals surface area contributed by atoms with Crippen LogP contribution in [0.15, 0.2) is 78.2 Å². The minimum atomic E-state index is -0.259. The summed E-state index contributed by atoms with van der Waals surface area (Å²) >= 11 is 7.69. The van der Waals surface area contributed by atoms with E-state index in [9.17, 15) is 4.39 Å². The highest BCUT2D eigenvalue weighted by Gasteiger charge is 2.22. The normalized spacial score (nSPS) is 11.2. The van der Waals surface area contributed by atoms with Gasteiger partial charge in [-0.15, -0.1) is 0 Å². The monoisotopic (exact) mass is 437 g/mol. The number of aromatic nitrogens is 3. The van der Waals surface area contributed by atoms with E-state index in [0.717, 1.165) is 38.4 Å². The van der Waals surface area contributed by atoms with Crippen LogP contribution in [-0.4, -0.2) is 14.5 Å². The van der Waals surface area contributed by atoms with E-state index < -0.39 is 0 Å². The van der Waals surface area contributed by atoms with E-state index in [0.29, 0.717) is 0 Å². The van der Waals surface area contributed by atoms with E-state index in [1.165, 1.54) is 17.7 Å². The molecule has 6 heteroatoms. The first-order valence-corrected chi connectivity index (χ1v) is 11.0. The van der Waals surface area contributed by atoms with Gasteiger partial charge in [-0.3, -0.25) is 4.98 Å². The van der Waals surface area contributed by atoms with Crippen LogP contribution in [0.4, 0.5) is 4.39 Å². The van der Waals surface area contributed by atoms with Crippen molar-refractivity contribution in [3.05, 3.63) is 89.5 Å². The average molecular weight is 438 g/mol. The van der Waals surface area contributed by atoms with Gasteiger partial charge in [0, 0.05) is 40.3 Å². The minimum Gasteiger partial charge on any atom is -0.316 e. The van der Waals surface area contributed by atoms with E-state index in [-0.39, 0.29) is 11.9 Å². The molecule has 0 aliphatic rings. The second-order valence-corrected chi connectivity index (χ2v) is 8.59. The van der Waals surface area contributed by atoms with Crippen molar-refractivity contribution in [2.45, 2.75) is 30.8 Å². The SMILES string of the molecule is CC(C)n1c(SCc2ccc(Cl)cc2)nc(-c2ccc(F)cc2)c1-c1ccncc1. The lowest BCUT2D eigenvalue weighted by molar-refractivity contribution is 0.555. The molecule has 0 aliphatic carbocycles. The molecule has 0 spiro atoms. The van der Waals surface area contributed by atoms with Crippen molar-refractivity contribution in [1.29, 1.82) is 0 Å². The Kier molecular flexibility index (Phi) is 6.21. The summed E-state index contributed by atoms with van der Waals surface area (Å²) in [5.74, 6) is 0.518. The second-order valence-electron chi connectivity index (χ2n) is 7.21. The van der Waals surface area contributed by atoms with Crippen molar-refractivity contribution in [2.24, 2.45) is 0 Å². The van der Waals surface area contributed by atoms with Crippen molar-refractivity contribution in [1.82, 2.24) is 14.5 Å². The maximum absolute atomic E-state index is 13.5. The van der Waals surface area contributed by atoms with Gasteiger partial charge in [0.05, 0.1) is 11.4 Å². The Labute approximate surface area is 185 Å². The number of pyridine rings is 1. The Morgan fingerprint density at radius 2 is 1.60 bits per heavy atom. The van der Waals surface area contributed by atoms with Crippen molar-refractivity contribution in [3.63, 3.8) is 0 Å². The predicted octanol–water partition coefficient (Wildman–Crippen LogP) is 7.28. The first-order chi connectivity index (χ1) is 14.5. The zero-order valence-corrected chi connectivity index (χ0v) is 18.3. The molecule has 0 saturated heterocycles. The van der Waals surface area contributed by atoms with Crippen LogP contribution >= 0.6 is 23.4 Å². The Morgan fingerprint density at radius 3 is 2.23 bits per heavy atom. The first-order valence-electron chi connectivity index (χ1n) is 9.68. The number of hydrogen-bond donors (Lipinski definition) is 0. The summed E-state index contributed by atoms with van der Waals surface area (Å²) in [7, 11) is 0. The summed E-state index contributed by atoms with van der Waals surface area (Å²) in [6.07, 6.45) is 3.56. The average Bonchev–Trinajstić information content (AvgIpc) is 3.14. The van der Waals surface area contributed by atoms with Gasteiger partial charge < -0.3 is 4.57 Å². The summed E-state index contributed by atoms with van der Waals surface area (Å²) in [6.45, 7) is 4.29. The molecule has 0 unspecified atom stereocenters. The lowest BCUT2D eigenvalue weighted by atomic mass is 10.1. The van der Waals surface area contributed by atoms with Gasteiger partial charge in [0.15, 0.2) is 5.16 Å². The zero-order chi connectivity index (χ0) is 21.1. The molecule has 0 amide bonds. The molecule has 2 aromatic carbocycles. The molecule has 30 heavy (non-hydrogen) atoms. The highest BCUT2D eigenvalue weighted by atomic mass is 35.5. The van der Waals surface area contributed by atoms with Gasteiger partial charge in [-0.05, 0) is 67.9 Å². The summed E-state index contributed by atoms with van der Waals surface area (Å²) in [5.41, 5.74) is 4.95. The molecule has 3 nitrogen and oxygen atoms in total. The van der Waals surface area contributed by atoms with Crippen molar-refractivity contribution in [2.75, 3.05) is 0 Å². The Morgan fingerprint density at radius 1 is 0.933 bits per heavy atom. The number of nitrogens with zero attached hydrogens (tertiary/aromatic N) is 3. The molecular formula is C24H21ClFN3S. The van der Waals surface area contributed by atoms with E-state index in [4.69, 9.17) is 16.6 Å². The molecular weight excluding hydrogens is 417 g/mol. The number of halogens is 2. The van der Waals surface area contributed by atoms with Crippen molar-refractivity contribution in [3.8, 4) is 22.5 Å². The smallest absolute Gasteiger partial charge is 0.169 e. The van der Waals surface area contributed by atoms with E-state index in [2.05, 4.69) is 23.4 Å². The Hall–Kier alpha value is -2.63. The topological polar surface area (TPSA) is 30.7 Å². The van der Waals surface area contributed by atoms with Gasteiger partial charge in [-0.25, -0.2) is 9.37 Å². The lowest BCUT2D eigenvalue weighted by Gasteiger charge is -2.16. The number of thioether (sulfide) groups is 1. The molecule has 0 N–H and O–H groups in total. The van der Waals surface area contributed by atoms with Gasteiger partial charge in [0.25, 0.3) is 0 Å². The lowest BCUT2D eigenvalue weighted by Crippen LogP contribution is -2.05. The molecule has 4 rings (SSSR count). The fraction of sp³-hybridized carbons (Fsp3) is 0.167. The summed E-state index contributed by atoms with van der Waals surface area (Å²) < 4.78 is 15.8. The molecule has 0 aliphatic heterocycles.